The van der Waals surface area contributed by atoms with Crippen LogP contribution < -0.4 is 0 Å². The topological polar surface area (TPSA) is 44.8 Å². The van der Waals surface area contributed by atoms with Crippen LogP contribution in [0.4, 0.5) is 0 Å². The molecule has 0 rings (SSSR count). The monoisotopic (exact) mass is 178 g/mol. The number of carbonyl (C=O) groups excluding carboxylic acids is 1. The van der Waals surface area contributed by atoms with E-state index in [1.807, 2.05) is 0 Å². The molecule has 0 spiro atoms. The highest BCUT2D eigenvalue weighted by Crippen LogP contribution is 2.06. The molecule has 0 aliphatic heterocycles. The predicted octanol–water partition coefficient (Wildman–Crippen LogP) is 0.801. The highest BCUT2D eigenvalue weighted by Gasteiger charge is 2.35. The van der Waals surface area contributed by atoms with Crippen LogP contribution >= 0.6 is 0 Å². The van der Waals surface area contributed by atoms with Crippen LogP contribution in [0.15, 0.2) is 0 Å². The SMILES string of the molecule is CCC(=O)O[Si](C)(OC)OC. The molecule has 0 unspecified atom stereocenters. The van der Waals surface area contributed by atoms with E-state index in [1.54, 1.807) is 13.5 Å². The van der Waals surface area contributed by atoms with Gasteiger partial charge in [0.1, 0.15) is 0 Å². The number of rotatable bonds is 4. The van der Waals surface area contributed by atoms with Gasteiger partial charge in [0.05, 0.1) is 0 Å². The van der Waals surface area contributed by atoms with E-state index in [0.29, 0.717) is 6.42 Å². The minimum atomic E-state index is -2.63. The van der Waals surface area contributed by atoms with E-state index >= 15 is 0 Å². The van der Waals surface area contributed by atoms with E-state index < -0.39 is 8.80 Å². The second-order valence-electron chi connectivity index (χ2n) is 2.10. The van der Waals surface area contributed by atoms with E-state index in [2.05, 4.69) is 0 Å². The number of hydrogen-bond donors (Lipinski definition) is 0. The van der Waals surface area contributed by atoms with Gasteiger partial charge in [0.15, 0.2) is 0 Å². The maximum absolute atomic E-state index is 10.8. The molecule has 0 N–H and O–H groups in total. The van der Waals surface area contributed by atoms with Gasteiger partial charge in [-0.2, -0.15) is 0 Å². The summed E-state index contributed by atoms with van der Waals surface area (Å²) in [7, 11) is 0.311. The number of carbonyl (C=O) groups is 1. The molecule has 0 saturated heterocycles. The van der Waals surface area contributed by atoms with E-state index in [4.69, 9.17) is 13.3 Å². The highest BCUT2D eigenvalue weighted by atomic mass is 28.4. The summed E-state index contributed by atoms with van der Waals surface area (Å²) >= 11 is 0. The molecule has 0 fully saturated rings. The van der Waals surface area contributed by atoms with Gasteiger partial charge in [-0.3, -0.25) is 4.79 Å². The first-order valence-corrected chi connectivity index (χ1v) is 5.62. The molecule has 0 atom stereocenters. The number of hydrogen-bond acceptors (Lipinski definition) is 4. The lowest BCUT2D eigenvalue weighted by atomic mass is 10.5. The van der Waals surface area contributed by atoms with Crippen LogP contribution in [0.1, 0.15) is 13.3 Å². The molecule has 0 saturated carbocycles. The Morgan fingerprint density at radius 1 is 1.36 bits per heavy atom. The Labute approximate surface area is 67.8 Å². The third-order valence-corrected chi connectivity index (χ3v) is 3.41. The first kappa shape index (κ1) is 10.6. The largest absolute Gasteiger partial charge is 0.564 e. The zero-order valence-corrected chi connectivity index (χ0v) is 8.34. The molecule has 0 heterocycles. The van der Waals surface area contributed by atoms with Gasteiger partial charge in [-0.05, 0) is 0 Å². The molecule has 11 heavy (non-hydrogen) atoms. The average Bonchev–Trinajstić information content (AvgIpc) is 2.04. The van der Waals surface area contributed by atoms with Gasteiger partial charge in [-0.1, -0.05) is 6.92 Å². The summed E-state index contributed by atoms with van der Waals surface area (Å²) in [6.45, 7) is 3.39. The van der Waals surface area contributed by atoms with Gasteiger partial charge < -0.3 is 13.3 Å². The van der Waals surface area contributed by atoms with Crippen LogP contribution in [0.25, 0.3) is 0 Å². The summed E-state index contributed by atoms with van der Waals surface area (Å²) in [5.74, 6) is -0.289. The maximum Gasteiger partial charge on any atom is 0.564 e. The Hall–Kier alpha value is -0.393. The van der Waals surface area contributed by atoms with Crippen molar-refractivity contribution in [3.63, 3.8) is 0 Å². The standard InChI is InChI=1S/C6H14O4Si/c1-5-6(7)10-11(4,8-2)9-3/h5H2,1-4H3. The molecule has 0 radical (unpaired) electrons. The molecular formula is C6H14O4Si. The van der Waals surface area contributed by atoms with E-state index in [0.717, 1.165) is 0 Å². The summed E-state index contributed by atoms with van der Waals surface area (Å²) in [4.78, 5) is 10.8. The lowest BCUT2D eigenvalue weighted by molar-refractivity contribution is -0.138. The van der Waals surface area contributed by atoms with Crippen LogP contribution in [0.5, 0.6) is 0 Å². The van der Waals surface area contributed by atoms with Gasteiger partial charge in [0.25, 0.3) is 5.97 Å². The van der Waals surface area contributed by atoms with Crippen molar-refractivity contribution >= 4 is 14.8 Å². The highest BCUT2D eigenvalue weighted by molar-refractivity contribution is 6.60. The molecule has 4 nitrogen and oxygen atoms in total. The van der Waals surface area contributed by atoms with E-state index in [1.165, 1.54) is 14.2 Å². The van der Waals surface area contributed by atoms with Crippen molar-refractivity contribution in [2.24, 2.45) is 0 Å². The van der Waals surface area contributed by atoms with Gasteiger partial charge in [-0.15, -0.1) is 0 Å². The van der Waals surface area contributed by atoms with Crippen LogP contribution in [0.2, 0.25) is 6.55 Å². The summed E-state index contributed by atoms with van der Waals surface area (Å²) in [6.07, 6.45) is 0.343. The van der Waals surface area contributed by atoms with Crippen molar-refractivity contribution in [3.8, 4) is 0 Å². The van der Waals surface area contributed by atoms with Gasteiger partial charge in [0.2, 0.25) is 0 Å². The van der Waals surface area contributed by atoms with Gasteiger partial charge in [0, 0.05) is 27.2 Å². The van der Waals surface area contributed by atoms with E-state index in [-0.39, 0.29) is 5.97 Å². The fourth-order valence-corrected chi connectivity index (χ4v) is 1.34. The lowest BCUT2D eigenvalue weighted by Crippen LogP contribution is -2.42. The zero-order valence-electron chi connectivity index (χ0n) is 7.34. The maximum atomic E-state index is 10.8. The molecule has 0 aliphatic rings. The van der Waals surface area contributed by atoms with Crippen LogP contribution in [-0.4, -0.2) is 29.0 Å². The zero-order chi connectivity index (χ0) is 8.91. The Balaban J connectivity index is 3.96. The van der Waals surface area contributed by atoms with Crippen molar-refractivity contribution in [1.82, 2.24) is 0 Å². The van der Waals surface area contributed by atoms with Crippen molar-refractivity contribution in [2.75, 3.05) is 14.2 Å². The smallest absolute Gasteiger partial charge is 0.473 e. The Kier molecular flexibility index (Phi) is 4.32. The van der Waals surface area contributed by atoms with Gasteiger partial charge in [-0.25, -0.2) is 0 Å². The van der Waals surface area contributed by atoms with Crippen LogP contribution in [0, 0.1) is 0 Å². The van der Waals surface area contributed by atoms with Crippen molar-refractivity contribution < 1.29 is 18.1 Å². The minimum Gasteiger partial charge on any atom is -0.473 e. The van der Waals surface area contributed by atoms with Gasteiger partial charge >= 0.3 is 8.80 Å². The Morgan fingerprint density at radius 3 is 2.09 bits per heavy atom. The molecule has 0 bridgehead atoms. The summed E-state index contributed by atoms with van der Waals surface area (Å²) in [5.41, 5.74) is 0. The summed E-state index contributed by atoms with van der Waals surface area (Å²) in [5, 5.41) is 0. The second-order valence-corrected chi connectivity index (χ2v) is 4.84. The second kappa shape index (κ2) is 4.48. The molecule has 0 aliphatic carbocycles. The quantitative estimate of drug-likeness (QED) is 0.597. The molecule has 0 aromatic heterocycles. The average molecular weight is 178 g/mol. The van der Waals surface area contributed by atoms with Crippen molar-refractivity contribution in [2.45, 2.75) is 19.9 Å². The third kappa shape index (κ3) is 3.50. The Morgan fingerprint density at radius 2 is 1.82 bits per heavy atom. The first-order chi connectivity index (χ1) is 5.08. The first-order valence-electron chi connectivity index (χ1n) is 3.40. The molecular weight excluding hydrogens is 164 g/mol. The minimum absolute atomic E-state index is 0.289. The third-order valence-electron chi connectivity index (χ3n) is 1.33. The molecule has 0 aromatic carbocycles. The van der Waals surface area contributed by atoms with Crippen LogP contribution in [0.3, 0.4) is 0 Å². The normalized spacial score (nSPS) is 11.3. The molecule has 5 heteroatoms. The lowest BCUT2D eigenvalue weighted by Gasteiger charge is -2.20. The van der Waals surface area contributed by atoms with Crippen molar-refractivity contribution in [3.05, 3.63) is 0 Å². The van der Waals surface area contributed by atoms with Crippen LogP contribution in [-0.2, 0) is 18.1 Å². The molecule has 66 valence electrons. The molecule has 0 aromatic rings. The summed E-state index contributed by atoms with van der Waals surface area (Å²) < 4.78 is 14.8. The fourth-order valence-electron chi connectivity index (χ4n) is 0.446. The summed E-state index contributed by atoms with van der Waals surface area (Å²) in [6, 6.07) is 0. The van der Waals surface area contributed by atoms with E-state index in [9.17, 15) is 4.79 Å². The fraction of sp³-hybridized carbons (Fsp3) is 0.833. The molecule has 0 amide bonds. The Bertz CT molecular complexity index is 133. The van der Waals surface area contributed by atoms with Crippen molar-refractivity contribution in [1.29, 1.82) is 0 Å². The predicted molar refractivity (Wildman–Crippen MR) is 42.0 cm³/mol.